The van der Waals surface area contributed by atoms with Crippen LogP contribution in [0.4, 0.5) is 0 Å². The Morgan fingerprint density at radius 1 is 1.44 bits per heavy atom. The lowest BCUT2D eigenvalue weighted by atomic mass is 10.2. The second kappa shape index (κ2) is 5.95. The second-order valence-electron chi connectivity index (χ2n) is 4.10. The Morgan fingerprint density at radius 3 is 2.78 bits per heavy atom. The first-order chi connectivity index (χ1) is 8.58. The summed E-state index contributed by atoms with van der Waals surface area (Å²) in [5.74, 6) is -0.601. The van der Waals surface area contributed by atoms with Crippen LogP contribution in [0.5, 0.6) is 0 Å². The minimum atomic E-state index is -1.18. The fourth-order valence-corrected chi connectivity index (χ4v) is 4.00. The van der Waals surface area contributed by atoms with E-state index in [0.29, 0.717) is 18.6 Å². The number of aliphatic carboxylic acids is 1. The Kier molecular flexibility index (Phi) is 4.53. The number of hydrogen-bond donors (Lipinski definition) is 1. The molecule has 18 heavy (non-hydrogen) atoms. The van der Waals surface area contributed by atoms with E-state index in [1.165, 1.54) is 0 Å². The molecule has 98 valence electrons. The summed E-state index contributed by atoms with van der Waals surface area (Å²) in [5.41, 5.74) is 0. The first kappa shape index (κ1) is 13.7. The lowest BCUT2D eigenvalue weighted by Gasteiger charge is -2.11. The van der Waals surface area contributed by atoms with Gasteiger partial charge >= 0.3 is 5.97 Å². The van der Waals surface area contributed by atoms with Gasteiger partial charge in [-0.15, -0.1) is 0 Å². The summed E-state index contributed by atoms with van der Waals surface area (Å²) >= 11 is 3.35. The quantitative estimate of drug-likeness (QED) is 0.917. The molecule has 6 heteroatoms. The molecule has 3 unspecified atom stereocenters. The monoisotopic (exact) mass is 332 g/mol. The summed E-state index contributed by atoms with van der Waals surface area (Å²) in [6.07, 6.45) is 0.158. The van der Waals surface area contributed by atoms with Gasteiger partial charge in [-0.2, -0.15) is 0 Å². The molecule has 0 bridgehead atoms. The smallest absolute Gasteiger partial charge is 0.332 e. The van der Waals surface area contributed by atoms with E-state index in [0.717, 1.165) is 9.37 Å². The van der Waals surface area contributed by atoms with Crippen molar-refractivity contribution >= 4 is 32.7 Å². The molecule has 1 saturated heterocycles. The first-order valence-corrected chi connectivity index (χ1v) is 7.70. The molecule has 1 heterocycles. The molecule has 0 amide bonds. The average molecular weight is 333 g/mol. The molecule has 0 spiro atoms. The van der Waals surface area contributed by atoms with Gasteiger partial charge in [0.05, 0.1) is 27.6 Å². The van der Waals surface area contributed by atoms with Crippen molar-refractivity contribution in [3.63, 3.8) is 0 Å². The van der Waals surface area contributed by atoms with Crippen LogP contribution in [0.3, 0.4) is 0 Å². The molecular weight excluding hydrogens is 320 g/mol. The highest BCUT2D eigenvalue weighted by atomic mass is 79.9. The average Bonchev–Trinajstić information content (AvgIpc) is 2.78. The number of carboxylic acids is 1. The van der Waals surface area contributed by atoms with Crippen LogP contribution in [-0.2, 0) is 20.3 Å². The van der Waals surface area contributed by atoms with Crippen LogP contribution in [0.1, 0.15) is 12.8 Å². The van der Waals surface area contributed by atoms with Crippen molar-refractivity contribution in [2.75, 3.05) is 5.75 Å². The van der Waals surface area contributed by atoms with Gasteiger partial charge in [0, 0.05) is 4.47 Å². The van der Waals surface area contributed by atoms with Gasteiger partial charge in [-0.25, -0.2) is 4.79 Å². The van der Waals surface area contributed by atoms with Gasteiger partial charge in [-0.3, -0.25) is 4.21 Å². The number of halogens is 1. The Balaban J connectivity index is 1.97. The molecule has 3 atom stereocenters. The van der Waals surface area contributed by atoms with Gasteiger partial charge in [0.2, 0.25) is 0 Å². The zero-order valence-corrected chi connectivity index (χ0v) is 11.9. The van der Waals surface area contributed by atoms with E-state index in [9.17, 15) is 9.00 Å². The van der Waals surface area contributed by atoms with Gasteiger partial charge in [0.25, 0.3) is 0 Å². The van der Waals surface area contributed by atoms with Crippen molar-refractivity contribution < 1.29 is 18.8 Å². The number of benzene rings is 1. The standard InChI is InChI=1S/C12H13BrO4S/c13-9-3-1-2-4-11(9)18(16)7-8-5-6-10(17-8)12(14)15/h1-4,8,10H,5-7H2,(H,14,15). The van der Waals surface area contributed by atoms with Crippen LogP contribution < -0.4 is 0 Å². The summed E-state index contributed by atoms with van der Waals surface area (Å²) in [6.45, 7) is 0. The lowest BCUT2D eigenvalue weighted by molar-refractivity contribution is -0.148. The largest absolute Gasteiger partial charge is 0.479 e. The van der Waals surface area contributed by atoms with Crippen LogP contribution >= 0.6 is 15.9 Å². The van der Waals surface area contributed by atoms with Gasteiger partial charge < -0.3 is 9.84 Å². The second-order valence-corrected chi connectivity index (χ2v) is 6.42. The minimum Gasteiger partial charge on any atom is -0.479 e. The number of ether oxygens (including phenoxy) is 1. The molecule has 4 nitrogen and oxygen atoms in total. The van der Waals surface area contributed by atoms with Crippen molar-refractivity contribution in [3.05, 3.63) is 28.7 Å². The predicted molar refractivity (Wildman–Crippen MR) is 70.9 cm³/mol. The zero-order valence-electron chi connectivity index (χ0n) is 9.54. The maximum Gasteiger partial charge on any atom is 0.332 e. The fraction of sp³-hybridized carbons (Fsp3) is 0.417. The molecule has 1 aromatic carbocycles. The van der Waals surface area contributed by atoms with Crippen molar-refractivity contribution in [2.45, 2.75) is 29.9 Å². The molecule has 0 radical (unpaired) electrons. The molecule has 1 aromatic rings. The number of rotatable bonds is 4. The SMILES string of the molecule is O=C(O)C1CCC(CS(=O)c2ccccc2Br)O1. The molecule has 1 aliphatic rings. The lowest BCUT2D eigenvalue weighted by Crippen LogP contribution is -2.23. The zero-order chi connectivity index (χ0) is 13.1. The van der Waals surface area contributed by atoms with E-state index in [1.54, 1.807) is 6.07 Å². The van der Waals surface area contributed by atoms with Gasteiger partial charge in [-0.1, -0.05) is 12.1 Å². The molecule has 0 aliphatic carbocycles. The fourth-order valence-electron chi connectivity index (χ4n) is 1.90. The molecule has 2 rings (SSSR count). The summed E-state index contributed by atoms with van der Waals surface area (Å²) in [6, 6.07) is 7.32. The topological polar surface area (TPSA) is 63.6 Å². The van der Waals surface area contributed by atoms with Crippen LogP contribution in [-0.4, -0.2) is 33.2 Å². The highest BCUT2D eigenvalue weighted by Crippen LogP contribution is 2.25. The van der Waals surface area contributed by atoms with Crippen LogP contribution in [0, 0.1) is 0 Å². The third-order valence-electron chi connectivity index (χ3n) is 2.80. The Hall–Kier alpha value is -0.720. The van der Waals surface area contributed by atoms with Gasteiger partial charge in [0.1, 0.15) is 0 Å². The molecule has 0 aromatic heterocycles. The highest BCUT2D eigenvalue weighted by molar-refractivity contribution is 9.10. The van der Waals surface area contributed by atoms with Crippen LogP contribution in [0.2, 0.25) is 0 Å². The van der Waals surface area contributed by atoms with Crippen molar-refractivity contribution in [1.29, 1.82) is 0 Å². The normalized spacial score (nSPS) is 24.9. The van der Waals surface area contributed by atoms with Gasteiger partial charge in [0.15, 0.2) is 6.10 Å². The predicted octanol–water partition coefficient (Wildman–Crippen LogP) is 2.19. The van der Waals surface area contributed by atoms with E-state index in [4.69, 9.17) is 9.84 Å². The van der Waals surface area contributed by atoms with E-state index >= 15 is 0 Å². The van der Waals surface area contributed by atoms with Gasteiger partial charge in [-0.05, 0) is 40.9 Å². The minimum absolute atomic E-state index is 0.237. The Labute approximate surface area is 116 Å². The van der Waals surface area contributed by atoms with E-state index < -0.39 is 22.9 Å². The molecular formula is C12H13BrO4S. The van der Waals surface area contributed by atoms with Crippen molar-refractivity contribution in [2.24, 2.45) is 0 Å². The molecule has 1 fully saturated rings. The summed E-state index contributed by atoms with van der Waals surface area (Å²) in [5, 5.41) is 8.82. The number of carboxylic acid groups (broad SMARTS) is 1. The van der Waals surface area contributed by atoms with E-state index in [2.05, 4.69) is 15.9 Å². The Bertz CT molecular complexity index is 477. The summed E-state index contributed by atoms with van der Waals surface area (Å²) in [4.78, 5) is 11.5. The molecule has 1 aliphatic heterocycles. The Morgan fingerprint density at radius 2 is 2.17 bits per heavy atom. The number of carbonyl (C=O) groups is 1. The van der Waals surface area contributed by atoms with Crippen molar-refractivity contribution in [3.8, 4) is 0 Å². The highest BCUT2D eigenvalue weighted by Gasteiger charge is 2.31. The van der Waals surface area contributed by atoms with Crippen LogP contribution in [0.25, 0.3) is 0 Å². The number of hydrogen-bond acceptors (Lipinski definition) is 3. The summed E-state index contributed by atoms with van der Waals surface area (Å²) < 4.78 is 18.3. The third kappa shape index (κ3) is 3.18. The third-order valence-corrected chi connectivity index (χ3v) is 5.28. The summed E-state index contributed by atoms with van der Waals surface area (Å²) in [7, 11) is -1.18. The maximum atomic E-state index is 12.2. The van der Waals surface area contributed by atoms with Crippen molar-refractivity contribution in [1.82, 2.24) is 0 Å². The molecule has 0 saturated carbocycles. The van der Waals surface area contributed by atoms with E-state index in [-0.39, 0.29) is 6.10 Å². The van der Waals surface area contributed by atoms with E-state index in [1.807, 2.05) is 18.2 Å². The first-order valence-electron chi connectivity index (χ1n) is 5.59. The maximum absolute atomic E-state index is 12.2. The van der Waals surface area contributed by atoms with Crippen LogP contribution in [0.15, 0.2) is 33.6 Å². The molecule has 1 N–H and O–H groups in total.